The van der Waals surface area contributed by atoms with E-state index in [0.29, 0.717) is 13.1 Å². The minimum absolute atomic E-state index is 0.0214. The SMILES string of the molecule is O=C(C1CC=CC1)N(CCO)CCO. The first-order valence-corrected chi connectivity index (χ1v) is 4.95. The summed E-state index contributed by atoms with van der Waals surface area (Å²) in [5.41, 5.74) is 0. The average Bonchev–Trinajstić information content (AvgIpc) is 2.69. The molecule has 0 fully saturated rings. The first-order valence-electron chi connectivity index (χ1n) is 4.95. The molecule has 0 unspecified atom stereocenters. The van der Waals surface area contributed by atoms with Crippen molar-refractivity contribution < 1.29 is 15.0 Å². The van der Waals surface area contributed by atoms with Gasteiger partial charge in [-0.3, -0.25) is 4.79 Å². The zero-order chi connectivity index (χ0) is 10.4. The van der Waals surface area contributed by atoms with Crippen molar-refractivity contribution in [3.63, 3.8) is 0 Å². The maximum Gasteiger partial charge on any atom is 0.226 e. The average molecular weight is 199 g/mol. The number of rotatable bonds is 5. The van der Waals surface area contributed by atoms with Crippen molar-refractivity contribution in [3.05, 3.63) is 12.2 Å². The number of nitrogens with zero attached hydrogens (tertiary/aromatic N) is 1. The minimum Gasteiger partial charge on any atom is -0.395 e. The van der Waals surface area contributed by atoms with Crippen molar-refractivity contribution in [2.75, 3.05) is 26.3 Å². The van der Waals surface area contributed by atoms with E-state index in [4.69, 9.17) is 10.2 Å². The van der Waals surface area contributed by atoms with Crippen molar-refractivity contribution >= 4 is 5.91 Å². The van der Waals surface area contributed by atoms with Crippen molar-refractivity contribution in [2.45, 2.75) is 12.8 Å². The zero-order valence-corrected chi connectivity index (χ0v) is 8.22. The van der Waals surface area contributed by atoms with E-state index in [1.165, 1.54) is 4.90 Å². The van der Waals surface area contributed by atoms with Crippen molar-refractivity contribution in [3.8, 4) is 0 Å². The highest BCUT2D eigenvalue weighted by atomic mass is 16.3. The molecular weight excluding hydrogens is 182 g/mol. The molecule has 14 heavy (non-hydrogen) atoms. The van der Waals surface area contributed by atoms with Gasteiger partial charge in [-0.2, -0.15) is 0 Å². The molecule has 2 N–H and O–H groups in total. The third kappa shape index (κ3) is 2.82. The highest BCUT2D eigenvalue weighted by Gasteiger charge is 2.23. The first kappa shape index (κ1) is 11.2. The fraction of sp³-hybridized carbons (Fsp3) is 0.700. The van der Waals surface area contributed by atoms with Crippen molar-refractivity contribution in [1.82, 2.24) is 4.90 Å². The Morgan fingerprint density at radius 1 is 1.21 bits per heavy atom. The van der Waals surface area contributed by atoms with Crippen LogP contribution in [0, 0.1) is 5.92 Å². The van der Waals surface area contributed by atoms with Crippen LogP contribution in [0.4, 0.5) is 0 Å². The summed E-state index contributed by atoms with van der Waals surface area (Å²) in [6.45, 7) is 0.531. The Morgan fingerprint density at radius 3 is 2.14 bits per heavy atom. The highest BCUT2D eigenvalue weighted by molar-refractivity contribution is 5.79. The summed E-state index contributed by atoms with van der Waals surface area (Å²) in [6.07, 6.45) is 5.57. The molecule has 80 valence electrons. The van der Waals surface area contributed by atoms with E-state index < -0.39 is 0 Å². The first-order chi connectivity index (χ1) is 6.79. The van der Waals surface area contributed by atoms with E-state index in [-0.39, 0.29) is 25.0 Å². The Kier molecular flexibility index (Phi) is 4.62. The van der Waals surface area contributed by atoms with Crippen LogP contribution < -0.4 is 0 Å². The molecule has 0 bridgehead atoms. The fourth-order valence-corrected chi connectivity index (χ4v) is 1.65. The molecule has 0 aromatic carbocycles. The Labute approximate surface area is 83.8 Å². The predicted molar refractivity (Wildman–Crippen MR) is 52.6 cm³/mol. The lowest BCUT2D eigenvalue weighted by Crippen LogP contribution is -2.39. The largest absolute Gasteiger partial charge is 0.395 e. The number of carbonyl (C=O) groups excluding carboxylic acids is 1. The van der Waals surface area contributed by atoms with Crippen LogP contribution in [0.2, 0.25) is 0 Å². The van der Waals surface area contributed by atoms with E-state index in [2.05, 4.69) is 0 Å². The van der Waals surface area contributed by atoms with Gasteiger partial charge < -0.3 is 15.1 Å². The third-order valence-electron chi connectivity index (χ3n) is 2.41. The van der Waals surface area contributed by atoms with Gasteiger partial charge in [-0.05, 0) is 12.8 Å². The summed E-state index contributed by atoms with van der Waals surface area (Å²) in [4.78, 5) is 13.3. The summed E-state index contributed by atoms with van der Waals surface area (Å²) in [6, 6.07) is 0. The van der Waals surface area contributed by atoms with Crippen LogP contribution >= 0.6 is 0 Å². The Balaban J connectivity index is 2.44. The van der Waals surface area contributed by atoms with E-state index in [0.717, 1.165) is 12.8 Å². The van der Waals surface area contributed by atoms with Crippen LogP contribution in [0.15, 0.2) is 12.2 Å². The standard InChI is InChI=1S/C10H17NO3/c12-7-5-11(6-8-13)10(14)9-3-1-2-4-9/h1-2,9,12-13H,3-8H2. The lowest BCUT2D eigenvalue weighted by atomic mass is 10.1. The lowest BCUT2D eigenvalue weighted by molar-refractivity contribution is -0.136. The fourth-order valence-electron chi connectivity index (χ4n) is 1.65. The van der Waals surface area contributed by atoms with Crippen LogP contribution in [0.5, 0.6) is 0 Å². The molecule has 0 saturated carbocycles. The quantitative estimate of drug-likeness (QED) is 0.601. The Morgan fingerprint density at radius 2 is 1.71 bits per heavy atom. The summed E-state index contributed by atoms with van der Waals surface area (Å²) in [5, 5.41) is 17.5. The van der Waals surface area contributed by atoms with Gasteiger partial charge in [0.1, 0.15) is 0 Å². The molecular formula is C10H17NO3. The smallest absolute Gasteiger partial charge is 0.226 e. The number of aliphatic hydroxyl groups excluding tert-OH is 2. The van der Waals surface area contributed by atoms with Gasteiger partial charge in [0.25, 0.3) is 0 Å². The molecule has 0 aromatic rings. The number of carbonyl (C=O) groups is 1. The summed E-state index contributed by atoms with van der Waals surface area (Å²) in [5.74, 6) is 0.0613. The molecule has 0 aliphatic heterocycles. The van der Waals surface area contributed by atoms with Crippen LogP contribution in [-0.4, -0.2) is 47.3 Å². The van der Waals surface area contributed by atoms with E-state index >= 15 is 0 Å². The van der Waals surface area contributed by atoms with Crippen LogP contribution in [0.25, 0.3) is 0 Å². The van der Waals surface area contributed by atoms with Gasteiger partial charge in [-0.1, -0.05) is 12.2 Å². The predicted octanol–water partition coefficient (Wildman–Crippen LogP) is -0.234. The molecule has 0 saturated heterocycles. The molecule has 4 heteroatoms. The van der Waals surface area contributed by atoms with E-state index in [9.17, 15) is 4.79 Å². The molecule has 1 aliphatic carbocycles. The molecule has 0 atom stereocenters. The third-order valence-corrected chi connectivity index (χ3v) is 2.41. The molecule has 4 nitrogen and oxygen atoms in total. The number of hydrogen-bond acceptors (Lipinski definition) is 3. The summed E-state index contributed by atoms with van der Waals surface area (Å²) in [7, 11) is 0. The van der Waals surface area contributed by atoms with E-state index in [1.54, 1.807) is 0 Å². The monoisotopic (exact) mass is 199 g/mol. The molecule has 1 aliphatic rings. The van der Waals surface area contributed by atoms with Crippen molar-refractivity contribution in [1.29, 1.82) is 0 Å². The molecule has 0 radical (unpaired) electrons. The molecule has 1 rings (SSSR count). The molecule has 0 spiro atoms. The van der Waals surface area contributed by atoms with Gasteiger partial charge in [0.05, 0.1) is 13.2 Å². The molecule has 0 aromatic heterocycles. The second-order valence-electron chi connectivity index (χ2n) is 3.41. The number of amides is 1. The molecule has 0 heterocycles. The van der Waals surface area contributed by atoms with Gasteiger partial charge in [-0.15, -0.1) is 0 Å². The normalized spacial score (nSPS) is 16.1. The lowest BCUT2D eigenvalue weighted by Gasteiger charge is -2.23. The van der Waals surface area contributed by atoms with Crippen molar-refractivity contribution in [2.24, 2.45) is 5.92 Å². The van der Waals surface area contributed by atoms with Crippen LogP contribution in [0.3, 0.4) is 0 Å². The van der Waals surface area contributed by atoms with E-state index in [1.807, 2.05) is 12.2 Å². The highest BCUT2D eigenvalue weighted by Crippen LogP contribution is 2.19. The topological polar surface area (TPSA) is 60.8 Å². The van der Waals surface area contributed by atoms with Gasteiger partial charge in [0, 0.05) is 19.0 Å². The van der Waals surface area contributed by atoms with Gasteiger partial charge in [0.15, 0.2) is 0 Å². The molecule has 1 amide bonds. The Bertz CT molecular complexity index is 201. The second kappa shape index (κ2) is 5.78. The minimum atomic E-state index is -0.0497. The maximum absolute atomic E-state index is 11.8. The summed E-state index contributed by atoms with van der Waals surface area (Å²) < 4.78 is 0. The van der Waals surface area contributed by atoms with Crippen LogP contribution in [0.1, 0.15) is 12.8 Å². The Hall–Kier alpha value is -0.870. The van der Waals surface area contributed by atoms with Crippen LogP contribution in [-0.2, 0) is 4.79 Å². The van der Waals surface area contributed by atoms with Gasteiger partial charge in [-0.25, -0.2) is 0 Å². The number of hydrogen-bond donors (Lipinski definition) is 2. The number of aliphatic hydroxyl groups is 2. The summed E-state index contributed by atoms with van der Waals surface area (Å²) >= 11 is 0. The second-order valence-corrected chi connectivity index (χ2v) is 3.41. The maximum atomic E-state index is 11.8. The van der Waals surface area contributed by atoms with Gasteiger partial charge in [0.2, 0.25) is 5.91 Å². The number of allylic oxidation sites excluding steroid dienone is 2. The zero-order valence-electron chi connectivity index (χ0n) is 8.22. The van der Waals surface area contributed by atoms with Gasteiger partial charge >= 0.3 is 0 Å².